The van der Waals surface area contributed by atoms with Crippen molar-refractivity contribution < 1.29 is 23.9 Å². The monoisotopic (exact) mass is 536 g/mol. The lowest BCUT2D eigenvalue weighted by molar-refractivity contribution is -0.123. The van der Waals surface area contributed by atoms with Gasteiger partial charge in [-0.1, -0.05) is 48.0 Å². The van der Waals surface area contributed by atoms with E-state index in [1.807, 2.05) is 38.1 Å². The number of nitrogens with one attached hydrogen (secondary N) is 1. The summed E-state index contributed by atoms with van der Waals surface area (Å²) in [5, 5.41) is 2.93. The van der Waals surface area contributed by atoms with Crippen LogP contribution in [0.15, 0.2) is 71.6 Å². The maximum absolute atomic E-state index is 12.9. The number of benzene rings is 3. The van der Waals surface area contributed by atoms with Crippen LogP contribution >= 0.6 is 23.4 Å². The average Bonchev–Trinajstić information content (AvgIpc) is 3.12. The van der Waals surface area contributed by atoms with Crippen molar-refractivity contribution in [2.75, 3.05) is 18.5 Å². The molecule has 0 radical (unpaired) electrons. The van der Waals surface area contributed by atoms with Gasteiger partial charge in [0.05, 0.1) is 18.1 Å². The first-order chi connectivity index (χ1) is 17.8. The molecule has 4 rings (SSSR count). The molecular weight excluding hydrogens is 512 g/mol. The smallest absolute Gasteiger partial charge is 0.293 e. The Morgan fingerprint density at radius 3 is 2.59 bits per heavy atom. The summed E-state index contributed by atoms with van der Waals surface area (Å²) in [6, 6.07) is 19.7. The lowest BCUT2D eigenvalue weighted by atomic mass is 10.1. The van der Waals surface area contributed by atoms with Crippen LogP contribution in [0.3, 0.4) is 0 Å². The molecule has 0 unspecified atom stereocenters. The molecule has 3 amide bonds. The molecule has 9 heteroatoms. The van der Waals surface area contributed by atoms with Gasteiger partial charge < -0.3 is 14.8 Å². The maximum atomic E-state index is 12.9. The molecule has 1 fully saturated rings. The quantitative estimate of drug-likeness (QED) is 0.323. The number of nitrogens with zero attached hydrogens (tertiary/aromatic N) is 1. The third-order valence-corrected chi connectivity index (χ3v) is 6.66. The minimum atomic E-state index is -0.388. The zero-order chi connectivity index (χ0) is 26.4. The van der Waals surface area contributed by atoms with Gasteiger partial charge in [0, 0.05) is 10.7 Å². The lowest BCUT2D eigenvalue weighted by Gasteiger charge is -2.14. The Labute approximate surface area is 224 Å². The van der Waals surface area contributed by atoms with Gasteiger partial charge in [-0.05, 0) is 78.7 Å². The number of anilines is 1. The van der Waals surface area contributed by atoms with E-state index in [1.165, 1.54) is 4.90 Å². The van der Waals surface area contributed by atoms with Crippen molar-refractivity contribution in [3.8, 4) is 11.5 Å². The number of ether oxygens (including phenoxy) is 2. The summed E-state index contributed by atoms with van der Waals surface area (Å²) in [5.74, 6) is 0.130. The van der Waals surface area contributed by atoms with Gasteiger partial charge in [0.25, 0.3) is 17.1 Å². The number of halogens is 1. The molecule has 3 aromatic carbocycles. The van der Waals surface area contributed by atoms with E-state index in [0.717, 1.165) is 17.3 Å². The lowest BCUT2D eigenvalue weighted by Crippen LogP contribution is -2.27. The Bertz CT molecular complexity index is 1370. The summed E-state index contributed by atoms with van der Waals surface area (Å²) < 4.78 is 11.4. The van der Waals surface area contributed by atoms with Gasteiger partial charge in [0.15, 0.2) is 18.1 Å². The van der Waals surface area contributed by atoms with E-state index in [0.29, 0.717) is 44.8 Å². The van der Waals surface area contributed by atoms with Gasteiger partial charge in [-0.15, -0.1) is 0 Å². The van der Waals surface area contributed by atoms with Crippen LogP contribution in [-0.2, 0) is 16.1 Å². The van der Waals surface area contributed by atoms with Crippen LogP contribution in [0.1, 0.15) is 23.6 Å². The Morgan fingerprint density at radius 1 is 1.03 bits per heavy atom. The Balaban J connectivity index is 1.45. The van der Waals surface area contributed by atoms with Crippen molar-refractivity contribution in [2.45, 2.75) is 20.4 Å². The van der Waals surface area contributed by atoms with Crippen molar-refractivity contribution in [1.82, 2.24) is 4.90 Å². The minimum absolute atomic E-state index is 0.100. The average molecular weight is 537 g/mol. The molecule has 1 aliphatic heterocycles. The molecule has 190 valence electrons. The predicted molar refractivity (Wildman–Crippen MR) is 146 cm³/mol. The first kappa shape index (κ1) is 26.3. The Hall–Kier alpha value is -3.75. The Kier molecular flexibility index (Phi) is 8.53. The molecule has 7 nitrogen and oxygen atoms in total. The number of imide groups is 1. The molecule has 0 atom stereocenters. The van der Waals surface area contributed by atoms with E-state index >= 15 is 0 Å². The number of aryl methyl sites for hydroxylation is 1. The highest BCUT2D eigenvalue weighted by Crippen LogP contribution is 2.36. The van der Waals surface area contributed by atoms with Gasteiger partial charge in [-0.3, -0.25) is 19.3 Å². The number of carbonyl (C=O) groups excluding carboxylic acids is 3. The van der Waals surface area contributed by atoms with Crippen molar-refractivity contribution in [3.63, 3.8) is 0 Å². The van der Waals surface area contributed by atoms with Crippen molar-refractivity contribution in [3.05, 3.63) is 93.3 Å². The van der Waals surface area contributed by atoms with E-state index < -0.39 is 0 Å². The predicted octanol–water partition coefficient (Wildman–Crippen LogP) is 6.30. The largest absolute Gasteiger partial charge is 0.490 e. The van der Waals surface area contributed by atoms with Gasteiger partial charge in [0.2, 0.25) is 0 Å². The van der Waals surface area contributed by atoms with Crippen molar-refractivity contribution >= 4 is 52.2 Å². The van der Waals surface area contributed by atoms with Gasteiger partial charge in [-0.2, -0.15) is 0 Å². The summed E-state index contributed by atoms with van der Waals surface area (Å²) in [5.41, 5.74) is 3.08. The van der Waals surface area contributed by atoms with Crippen molar-refractivity contribution in [2.24, 2.45) is 0 Å². The molecule has 0 aliphatic carbocycles. The van der Waals surface area contributed by atoms with Crippen LogP contribution in [0.2, 0.25) is 5.02 Å². The highest BCUT2D eigenvalue weighted by molar-refractivity contribution is 8.18. The van der Waals surface area contributed by atoms with E-state index in [-0.39, 0.29) is 30.2 Å². The fourth-order valence-corrected chi connectivity index (χ4v) is 4.68. The first-order valence-electron chi connectivity index (χ1n) is 11.6. The van der Waals surface area contributed by atoms with Crippen LogP contribution in [-0.4, -0.2) is 35.2 Å². The minimum Gasteiger partial charge on any atom is -0.490 e. The molecule has 3 aromatic rings. The standard InChI is InChI=1S/C28H25ClN2O5S/c1-3-35-24-14-19(11-12-23(24)36-17-26(32)30-21-9-6-7-18(2)13-21)15-25-27(33)31(28(34)37-25)16-20-8-4-5-10-22(20)29/h4-15H,3,16-17H2,1-2H3,(H,30,32)/b25-15-. The third-order valence-electron chi connectivity index (χ3n) is 5.39. The summed E-state index contributed by atoms with van der Waals surface area (Å²) in [4.78, 5) is 39.3. The number of hydrogen-bond acceptors (Lipinski definition) is 6. The van der Waals surface area contributed by atoms with Crippen LogP contribution < -0.4 is 14.8 Å². The molecule has 1 saturated heterocycles. The van der Waals surface area contributed by atoms with Crippen LogP contribution in [0, 0.1) is 6.92 Å². The molecule has 0 saturated carbocycles. The zero-order valence-electron chi connectivity index (χ0n) is 20.3. The number of hydrogen-bond donors (Lipinski definition) is 1. The second kappa shape index (κ2) is 12.0. The third kappa shape index (κ3) is 6.72. The summed E-state index contributed by atoms with van der Waals surface area (Å²) >= 11 is 7.07. The summed E-state index contributed by atoms with van der Waals surface area (Å²) in [7, 11) is 0. The van der Waals surface area contributed by atoms with Gasteiger partial charge >= 0.3 is 0 Å². The Morgan fingerprint density at radius 2 is 1.84 bits per heavy atom. The highest BCUT2D eigenvalue weighted by Gasteiger charge is 2.35. The molecule has 37 heavy (non-hydrogen) atoms. The van der Waals surface area contributed by atoms with E-state index in [4.69, 9.17) is 21.1 Å². The number of amides is 3. The molecule has 1 N–H and O–H groups in total. The summed E-state index contributed by atoms with van der Waals surface area (Å²) in [6.07, 6.45) is 1.63. The van der Waals surface area contributed by atoms with Gasteiger partial charge in [0.1, 0.15) is 0 Å². The van der Waals surface area contributed by atoms with Crippen LogP contribution in [0.25, 0.3) is 6.08 Å². The molecular formula is C28H25ClN2O5S. The maximum Gasteiger partial charge on any atom is 0.293 e. The fraction of sp³-hybridized carbons (Fsp3) is 0.179. The number of rotatable bonds is 9. The van der Waals surface area contributed by atoms with Gasteiger partial charge in [-0.25, -0.2) is 0 Å². The molecule has 1 heterocycles. The van der Waals surface area contributed by atoms with E-state index in [2.05, 4.69) is 5.32 Å². The second-order valence-corrected chi connectivity index (χ2v) is 9.61. The normalized spacial score (nSPS) is 14.2. The second-order valence-electron chi connectivity index (χ2n) is 8.20. The molecule has 0 bridgehead atoms. The topological polar surface area (TPSA) is 84.9 Å². The fourth-order valence-electron chi connectivity index (χ4n) is 3.65. The van der Waals surface area contributed by atoms with Crippen molar-refractivity contribution in [1.29, 1.82) is 0 Å². The zero-order valence-corrected chi connectivity index (χ0v) is 21.9. The summed E-state index contributed by atoms with van der Waals surface area (Å²) in [6.45, 7) is 4.06. The highest BCUT2D eigenvalue weighted by atomic mass is 35.5. The number of carbonyl (C=O) groups is 3. The number of thioether (sulfide) groups is 1. The molecule has 0 spiro atoms. The van der Waals surface area contributed by atoms with E-state index in [9.17, 15) is 14.4 Å². The van der Waals surface area contributed by atoms with Crippen LogP contribution in [0.4, 0.5) is 10.5 Å². The molecule has 1 aliphatic rings. The van der Waals surface area contributed by atoms with E-state index in [1.54, 1.807) is 48.5 Å². The van der Waals surface area contributed by atoms with Crippen LogP contribution in [0.5, 0.6) is 11.5 Å². The SMILES string of the molecule is CCOc1cc(/C=C2\SC(=O)N(Cc3ccccc3Cl)C2=O)ccc1OCC(=O)Nc1cccc(C)c1. The molecule has 0 aromatic heterocycles. The first-order valence-corrected chi connectivity index (χ1v) is 12.8.